The van der Waals surface area contributed by atoms with Crippen molar-refractivity contribution in [2.24, 2.45) is 11.8 Å². The third kappa shape index (κ3) is 3.85. The van der Waals surface area contributed by atoms with E-state index in [1.807, 2.05) is 12.2 Å². The highest BCUT2D eigenvalue weighted by atomic mass is 32.2. The molecule has 0 aromatic heterocycles. The molecule has 0 radical (unpaired) electrons. The van der Waals surface area contributed by atoms with Crippen LogP contribution < -0.4 is 5.32 Å². The average Bonchev–Trinajstić information content (AvgIpc) is 2.91. The first-order valence-electron chi connectivity index (χ1n) is 9.04. The number of nitrogens with zero attached hydrogens (tertiary/aromatic N) is 2. The lowest BCUT2D eigenvalue weighted by atomic mass is 9.85. The third-order valence-electron chi connectivity index (χ3n) is 5.06. The van der Waals surface area contributed by atoms with Crippen molar-refractivity contribution in [1.82, 2.24) is 9.21 Å². The molecule has 28 heavy (non-hydrogen) atoms. The van der Waals surface area contributed by atoms with Gasteiger partial charge in [0.25, 0.3) is 0 Å². The fourth-order valence-corrected chi connectivity index (χ4v) is 4.42. The van der Waals surface area contributed by atoms with Gasteiger partial charge in [0.2, 0.25) is 27.7 Å². The largest absolute Gasteiger partial charge is 0.326 e. The predicted octanol–water partition coefficient (Wildman–Crippen LogP) is 1.22. The number of likely N-dealkylation sites (tertiary alicyclic amines) is 1. The Morgan fingerprint density at radius 2 is 1.75 bits per heavy atom. The summed E-state index contributed by atoms with van der Waals surface area (Å²) in [6, 6.07) is 5.94. The van der Waals surface area contributed by atoms with Crippen LogP contribution in [0.15, 0.2) is 41.3 Å². The molecule has 8 nitrogen and oxygen atoms in total. The highest BCUT2D eigenvalue weighted by Gasteiger charge is 2.46. The minimum atomic E-state index is -3.61. The predicted molar refractivity (Wildman–Crippen MR) is 103 cm³/mol. The lowest BCUT2D eigenvalue weighted by Gasteiger charge is -2.15. The fraction of sp³-hybridized carbons (Fsp3) is 0.421. The lowest BCUT2D eigenvalue weighted by molar-refractivity contribution is -0.140. The van der Waals surface area contributed by atoms with Crippen molar-refractivity contribution >= 4 is 33.4 Å². The number of nitrogens with one attached hydrogen (secondary N) is 1. The number of allylic oxidation sites excluding steroid dienone is 2. The van der Waals surface area contributed by atoms with E-state index in [1.54, 1.807) is 6.07 Å². The number of sulfonamides is 1. The SMILES string of the molecule is CN(C)S(=O)(=O)c1cccc(NC(=O)CCN2C(=O)[C@H]3CC=CC[C@H]3C2=O)c1. The summed E-state index contributed by atoms with van der Waals surface area (Å²) in [5, 5.41) is 2.63. The summed E-state index contributed by atoms with van der Waals surface area (Å²) in [5.41, 5.74) is 0.338. The Morgan fingerprint density at radius 3 is 2.32 bits per heavy atom. The quantitative estimate of drug-likeness (QED) is 0.566. The van der Waals surface area contributed by atoms with E-state index in [-0.39, 0.29) is 41.5 Å². The Kier molecular flexibility index (Phi) is 5.66. The zero-order chi connectivity index (χ0) is 20.5. The molecule has 1 aliphatic carbocycles. The maximum Gasteiger partial charge on any atom is 0.242 e. The van der Waals surface area contributed by atoms with Crippen LogP contribution in [0.4, 0.5) is 5.69 Å². The topological polar surface area (TPSA) is 104 Å². The highest BCUT2D eigenvalue weighted by Crippen LogP contribution is 2.35. The number of benzene rings is 1. The minimum absolute atomic E-state index is 0.0200. The first kappa shape index (κ1) is 20.2. The van der Waals surface area contributed by atoms with Gasteiger partial charge in [0.15, 0.2) is 0 Å². The molecule has 1 aromatic rings. The number of hydrogen-bond acceptors (Lipinski definition) is 5. The van der Waals surface area contributed by atoms with Crippen LogP contribution in [0, 0.1) is 11.8 Å². The second-order valence-electron chi connectivity index (χ2n) is 7.10. The van der Waals surface area contributed by atoms with Gasteiger partial charge in [-0.25, -0.2) is 12.7 Å². The number of fused-ring (bicyclic) bond motifs is 1. The summed E-state index contributed by atoms with van der Waals surface area (Å²) in [4.78, 5) is 38.3. The number of anilines is 1. The van der Waals surface area contributed by atoms with Crippen molar-refractivity contribution in [3.8, 4) is 0 Å². The van der Waals surface area contributed by atoms with Crippen molar-refractivity contribution < 1.29 is 22.8 Å². The van der Waals surface area contributed by atoms with Crippen molar-refractivity contribution in [2.75, 3.05) is 26.0 Å². The number of amides is 3. The molecule has 1 aliphatic heterocycles. The van der Waals surface area contributed by atoms with E-state index in [0.29, 0.717) is 18.5 Å². The van der Waals surface area contributed by atoms with Crippen LogP contribution in [-0.2, 0) is 24.4 Å². The molecule has 0 bridgehead atoms. The van der Waals surface area contributed by atoms with Crippen LogP contribution in [-0.4, -0.2) is 56.0 Å². The summed E-state index contributed by atoms with van der Waals surface area (Å²) < 4.78 is 25.5. The van der Waals surface area contributed by atoms with Gasteiger partial charge < -0.3 is 5.32 Å². The Hall–Kier alpha value is -2.52. The molecule has 2 aliphatic rings. The summed E-state index contributed by atoms with van der Waals surface area (Å²) in [5.74, 6) is -1.45. The zero-order valence-electron chi connectivity index (χ0n) is 15.8. The minimum Gasteiger partial charge on any atom is -0.326 e. The molecular formula is C19H23N3O5S. The second-order valence-corrected chi connectivity index (χ2v) is 9.25. The summed E-state index contributed by atoms with van der Waals surface area (Å²) >= 11 is 0. The average molecular weight is 405 g/mol. The van der Waals surface area contributed by atoms with E-state index in [2.05, 4.69) is 5.32 Å². The van der Waals surface area contributed by atoms with Crippen molar-refractivity contribution in [2.45, 2.75) is 24.2 Å². The molecule has 1 heterocycles. The molecule has 9 heteroatoms. The van der Waals surface area contributed by atoms with Crippen LogP contribution in [0.1, 0.15) is 19.3 Å². The molecule has 2 atom stereocenters. The molecule has 0 unspecified atom stereocenters. The van der Waals surface area contributed by atoms with Crippen LogP contribution in [0.25, 0.3) is 0 Å². The van der Waals surface area contributed by atoms with E-state index in [4.69, 9.17) is 0 Å². The molecule has 3 amide bonds. The number of carbonyl (C=O) groups excluding carboxylic acids is 3. The smallest absolute Gasteiger partial charge is 0.242 e. The van der Waals surface area contributed by atoms with Crippen molar-refractivity contribution in [3.05, 3.63) is 36.4 Å². The normalized spacial score (nSPS) is 21.9. The van der Waals surface area contributed by atoms with Gasteiger partial charge in [-0.15, -0.1) is 0 Å². The Morgan fingerprint density at radius 1 is 1.14 bits per heavy atom. The maximum absolute atomic E-state index is 12.4. The highest BCUT2D eigenvalue weighted by molar-refractivity contribution is 7.89. The van der Waals surface area contributed by atoms with E-state index < -0.39 is 15.9 Å². The van der Waals surface area contributed by atoms with E-state index in [1.165, 1.54) is 37.2 Å². The molecule has 1 N–H and O–H groups in total. The van der Waals surface area contributed by atoms with Crippen molar-refractivity contribution in [1.29, 1.82) is 0 Å². The molecule has 150 valence electrons. The molecular weight excluding hydrogens is 382 g/mol. The van der Waals surface area contributed by atoms with Gasteiger partial charge in [-0.2, -0.15) is 0 Å². The van der Waals surface area contributed by atoms with Gasteiger partial charge in [-0.3, -0.25) is 19.3 Å². The van der Waals surface area contributed by atoms with Gasteiger partial charge in [0.05, 0.1) is 16.7 Å². The molecule has 1 saturated heterocycles. The zero-order valence-corrected chi connectivity index (χ0v) is 16.6. The Labute approximate surface area is 164 Å². The summed E-state index contributed by atoms with van der Waals surface area (Å²) in [6.07, 6.45) is 4.90. The van der Waals surface area contributed by atoms with E-state index >= 15 is 0 Å². The standard InChI is InChI=1S/C19H23N3O5S/c1-21(2)28(26,27)14-7-5-6-13(12-14)20-17(23)10-11-22-18(24)15-8-3-4-9-16(15)19(22)25/h3-7,12,15-16H,8-11H2,1-2H3,(H,20,23)/t15-,16+. The monoisotopic (exact) mass is 405 g/mol. The van der Waals surface area contributed by atoms with Crippen LogP contribution >= 0.6 is 0 Å². The summed E-state index contributed by atoms with van der Waals surface area (Å²) in [6.45, 7) is 0.0200. The number of carbonyl (C=O) groups is 3. The number of hydrogen-bond donors (Lipinski definition) is 1. The molecule has 0 saturated carbocycles. The van der Waals surface area contributed by atoms with Gasteiger partial charge in [-0.05, 0) is 31.0 Å². The third-order valence-corrected chi connectivity index (χ3v) is 6.87. The van der Waals surface area contributed by atoms with E-state index in [0.717, 1.165) is 4.31 Å². The van der Waals surface area contributed by atoms with E-state index in [9.17, 15) is 22.8 Å². The van der Waals surface area contributed by atoms with Gasteiger partial charge in [0, 0.05) is 32.7 Å². The van der Waals surface area contributed by atoms with Gasteiger partial charge in [-0.1, -0.05) is 18.2 Å². The first-order valence-corrected chi connectivity index (χ1v) is 10.5. The molecule has 1 aromatic carbocycles. The number of rotatable bonds is 6. The maximum atomic E-state index is 12.4. The van der Waals surface area contributed by atoms with Crippen LogP contribution in [0.3, 0.4) is 0 Å². The fourth-order valence-electron chi connectivity index (χ4n) is 3.47. The Balaban J connectivity index is 1.61. The molecule has 1 fully saturated rings. The van der Waals surface area contributed by atoms with Crippen LogP contribution in [0.2, 0.25) is 0 Å². The van der Waals surface area contributed by atoms with Crippen LogP contribution in [0.5, 0.6) is 0 Å². The molecule has 3 rings (SSSR count). The second kappa shape index (κ2) is 7.84. The van der Waals surface area contributed by atoms with Crippen molar-refractivity contribution in [3.63, 3.8) is 0 Å². The number of imide groups is 1. The summed E-state index contributed by atoms with van der Waals surface area (Å²) in [7, 11) is -0.752. The molecule has 0 spiro atoms. The van der Waals surface area contributed by atoms with Gasteiger partial charge in [0.1, 0.15) is 0 Å². The Bertz CT molecular complexity index is 913. The van der Waals surface area contributed by atoms with Gasteiger partial charge >= 0.3 is 0 Å². The first-order chi connectivity index (χ1) is 13.2. The lowest BCUT2D eigenvalue weighted by Crippen LogP contribution is -2.34.